The molecule has 1 aliphatic heterocycles. The smallest absolute Gasteiger partial charge is 0.256 e. The van der Waals surface area contributed by atoms with Crippen LogP contribution in [0.5, 0.6) is 0 Å². The summed E-state index contributed by atoms with van der Waals surface area (Å²) in [6.45, 7) is 4.27. The minimum Gasteiger partial charge on any atom is -0.461 e. The minimum absolute atomic E-state index is 0.0577. The number of aryl methyl sites for hydroxylation is 2. The lowest BCUT2D eigenvalue weighted by Crippen LogP contribution is -2.14. The summed E-state index contributed by atoms with van der Waals surface area (Å²) in [5.74, 6) is 1.87. The molecule has 0 radical (unpaired) electrons. The second kappa shape index (κ2) is 8.70. The van der Waals surface area contributed by atoms with E-state index >= 15 is 0 Å². The summed E-state index contributed by atoms with van der Waals surface area (Å²) >= 11 is 0. The number of nitrogens with one attached hydrogen (secondary N) is 2. The van der Waals surface area contributed by atoms with Gasteiger partial charge in [-0.3, -0.25) is 4.79 Å². The molecule has 2 heterocycles. The van der Waals surface area contributed by atoms with E-state index in [0.717, 1.165) is 66.1 Å². The molecule has 4 heteroatoms. The molecule has 0 fully saturated rings. The second-order valence-electron chi connectivity index (χ2n) is 8.85. The second-order valence-corrected chi connectivity index (χ2v) is 8.85. The first kappa shape index (κ1) is 20.6. The molecule has 1 aliphatic carbocycles. The Hall–Kier alpha value is -3.27. The molecule has 1 aromatic heterocycles. The average Bonchev–Trinajstić information content (AvgIpc) is 3.32. The maximum absolute atomic E-state index is 12.9. The van der Waals surface area contributed by atoms with Gasteiger partial charge in [0.15, 0.2) is 0 Å². The Morgan fingerprint density at radius 2 is 1.91 bits per heavy atom. The van der Waals surface area contributed by atoms with Gasteiger partial charge in [0.05, 0.1) is 11.6 Å². The molecule has 3 aromatic rings. The number of carbonyl (C=O) groups is 1. The fourth-order valence-electron chi connectivity index (χ4n) is 5.12. The van der Waals surface area contributed by atoms with Crippen molar-refractivity contribution in [2.75, 3.05) is 10.6 Å². The van der Waals surface area contributed by atoms with Crippen molar-refractivity contribution in [3.05, 3.63) is 82.3 Å². The van der Waals surface area contributed by atoms with Crippen molar-refractivity contribution in [1.29, 1.82) is 0 Å². The fraction of sp³-hybridized carbons (Fsp3) is 0.321. The topological polar surface area (TPSA) is 54.3 Å². The van der Waals surface area contributed by atoms with Gasteiger partial charge in [0.2, 0.25) is 0 Å². The molecule has 164 valence electrons. The van der Waals surface area contributed by atoms with Gasteiger partial charge in [-0.05, 0) is 68.0 Å². The number of para-hydroxylation sites is 1. The van der Waals surface area contributed by atoms with Crippen LogP contribution >= 0.6 is 0 Å². The van der Waals surface area contributed by atoms with Crippen LogP contribution in [0.25, 0.3) is 11.6 Å². The summed E-state index contributed by atoms with van der Waals surface area (Å²) in [4.78, 5) is 12.9. The summed E-state index contributed by atoms with van der Waals surface area (Å²) in [5.41, 5.74) is 7.33. The summed E-state index contributed by atoms with van der Waals surface area (Å²) in [6, 6.07) is 16.5. The lowest BCUT2D eigenvalue weighted by molar-refractivity contribution is -0.110. The third kappa shape index (κ3) is 3.75. The van der Waals surface area contributed by atoms with E-state index < -0.39 is 0 Å². The van der Waals surface area contributed by atoms with Crippen molar-refractivity contribution in [2.24, 2.45) is 0 Å². The minimum atomic E-state index is -0.0577. The third-order valence-corrected chi connectivity index (χ3v) is 6.59. The third-order valence-electron chi connectivity index (χ3n) is 6.59. The Bertz CT molecular complexity index is 1170. The van der Waals surface area contributed by atoms with Crippen LogP contribution in [0, 0.1) is 6.92 Å². The number of rotatable bonds is 6. The van der Waals surface area contributed by atoms with Crippen molar-refractivity contribution in [3.8, 4) is 0 Å². The molecule has 4 nitrogen and oxygen atoms in total. The van der Waals surface area contributed by atoms with E-state index in [1.807, 2.05) is 24.3 Å². The molecule has 5 rings (SSSR count). The van der Waals surface area contributed by atoms with E-state index in [2.05, 4.69) is 54.8 Å². The van der Waals surface area contributed by atoms with Crippen LogP contribution < -0.4 is 10.6 Å². The number of fused-ring (bicyclic) bond motifs is 2. The van der Waals surface area contributed by atoms with Crippen molar-refractivity contribution in [2.45, 2.75) is 58.4 Å². The summed E-state index contributed by atoms with van der Waals surface area (Å²) in [5, 5.41) is 6.77. The summed E-state index contributed by atoms with van der Waals surface area (Å²) in [7, 11) is 0. The van der Waals surface area contributed by atoms with E-state index in [-0.39, 0.29) is 11.9 Å². The molecule has 1 unspecified atom stereocenters. The van der Waals surface area contributed by atoms with E-state index in [0.29, 0.717) is 5.57 Å². The first-order valence-electron chi connectivity index (χ1n) is 11.7. The Morgan fingerprint density at radius 3 is 2.72 bits per heavy atom. The molecule has 0 spiro atoms. The average molecular weight is 427 g/mol. The zero-order chi connectivity index (χ0) is 22.1. The molecule has 1 amide bonds. The van der Waals surface area contributed by atoms with Crippen molar-refractivity contribution in [3.63, 3.8) is 0 Å². The van der Waals surface area contributed by atoms with Gasteiger partial charge in [0.1, 0.15) is 11.5 Å². The van der Waals surface area contributed by atoms with E-state index in [1.165, 1.54) is 17.5 Å². The van der Waals surface area contributed by atoms with Crippen LogP contribution in [0.2, 0.25) is 0 Å². The van der Waals surface area contributed by atoms with Crippen molar-refractivity contribution < 1.29 is 9.21 Å². The Labute approximate surface area is 189 Å². The number of carbonyl (C=O) groups excluding carboxylic acids is 1. The van der Waals surface area contributed by atoms with Gasteiger partial charge < -0.3 is 15.1 Å². The number of hydrogen-bond donors (Lipinski definition) is 2. The predicted octanol–water partition coefficient (Wildman–Crippen LogP) is 6.91. The molecule has 2 aliphatic rings. The lowest BCUT2D eigenvalue weighted by atomic mass is 9.89. The number of benzene rings is 2. The highest BCUT2D eigenvalue weighted by Gasteiger charge is 2.30. The van der Waals surface area contributed by atoms with Gasteiger partial charge in [0, 0.05) is 28.9 Å². The molecular formula is C28H30N2O2. The molecule has 2 N–H and O–H groups in total. The zero-order valence-electron chi connectivity index (χ0n) is 18.8. The van der Waals surface area contributed by atoms with Gasteiger partial charge in [0.25, 0.3) is 5.91 Å². The van der Waals surface area contributed by atoms with Crippen molar-refractivity contribution in [1.82, 2.24) is 0 Å². The maximum atomic E-state index is 12.9. The fourth-order valence-corrected chi connectivity index (χ4v) is 5.12. The van der Waals surface area contributed by atoms with Crippen LogP contribution in [0.15, 0.2) is 52.9 Å². The quantitative estimate of drug-likeness (QED) is 0.421. The Kier molecular flexibility index (Phi) is 5.60. The van der Waals surface area contributed by atoms with Crippen LogP contribution in [0.4, 0.5) is 11.4 Å². The zero-order valence-corrected chi connectivity index (χ0v) is 18.8. The van der Waals surface area contributed by atoms with Crippen LogP contribution in [-0.2, 0) is 17.6 Å². The van der Waals surface area contributed by atoms with E-state index in [1.54, 1.807) is 0 Å². The number of anilines is 2. The monoisotopic (exact) mass is 426 g/mol. The van der Waals surface area contributed by atoms with Gasteiger partial charge in [-0.2, -0.15) is 0 Å². The first-order chi connectivity index (χ1) is 15.7. The van der Waals surface area contributed by atoms with Gasteiger partial charge in [-0.25, -0.2) is 0 Å². The Morgan fingerprint density at radius 1 is 1.09 bits per heavy atom. The lowest BCUT2D eigenvalue weighted by Gasteiger charge is -2.22. The van der Waals surface area contributed by atoms with Crippen molar-refractivity contribution >= 4 is 28.9 Å². The highest BCUT2D eigenvalue weighted by atomic mass is 16.3. The SMILES string of the molecule is CCCC(Nc1ccccc1)c1c(C=C2C(=O)Nc3cccc(C)c32)oc2c1CCCC2. The number of amides is 1. The highest BCUT2D eigenvalue weighted by Crippen LogP contribution is 2.41. The highest BCUT2D eigenvalue weighted by molar-refractivity contribution is 6.35. The van der Waals surface area contributed by atoms with Crippen LogP contribution in [0.1, 0.15) is 72.4 Å². The molecule has 2 aromatic carbocycles. The molecule has 0 saturated carbocycles. The normalized spacial score (nSPS) is 17.1. The van der Waals surface area contributed by atoms with Crippen LogP contribution in [-0.4, -0.2) is 5.91 Å². The number of hydrogen-bond acceptors (Lipinski definition) is 3. The predicted molar refractivity (Wildman–Crippen MR) is 131 cm³/mol. The largest absolute Gasteiger partial charge is 0.461 e. The standard InChI is InChI=1S/C28H30N2O2/c1-3-10-22(29-19-12-5-4-6-13-19)27-20-14-7-8-16-24(20)32-25(27)17-21-26-18(2)11-9-15-23(26)30-28(21)31/h4-6,9,11-13,15,17,22,29H,3,7-8,10,14,16H2,1-2H3,(H,30,31). The van der Waals surface area contributed by atoms with E-state index in [4.69, 9.17) is 4.42 Å². The van der Waals surface area contributed by atoms with Crippen LogP contribution in [0.3, 0.4) is 0 Å². The molecule has 0 saturated heterocycles. The maximum Gasteiger partial charge on any atom is 0.256 e. The molecule has 32 heavy (non-hydrogen) atoms. The first-order valence-corrected chi connectivity index (χ1v) is 11.7. The summed E-state index contributed by atoms with van der Waals surface area (Å²) < 4.78 is 6.47. The van der Waals surface area contributed by atoms with Gasteiger partial charge >= 0.3 is 0 Å². The van der Waals surface area contributed by atoms with Gasteiger partial charge in [-0.15, -0.1) is 0 Å². The molecular weight excluding hydrogens is 396 g/mol. The van der Waals surface area contributed by atoms with Gasteiger partial charge in [-0.1, -0.05) is 43.7 Å². The molecule has 0 bridgehead atoms. The van der Waals surface area contributed by atoms with E-state index in [9.17, 15) is 4.79 Å². The molecule has 1 atom stereocenters. The summed E-state index contributed by atoms with van der Waals surface area (Å²) in [6.07, 6.45) is 8.39. The Balaban J connectivity index is 1.63. The number of furan rings is 1.